The summed E-state index contributed by atoms with van der Waals surface area (Å²) in [6, 6.07) is 22.2. The van der Waals surface area contributed by atoms with Gasteiger partial charge in [-0.2, -0.15) is 0 Å². The van der Waals surface area contributed by atoms with Crippen LogP contribution in [-0.4, -0.2) is 26.2 Å². The lowest BCUT2D eigenvalue weighted by atomic mass is 9.84. The number of hydrogen-bond donors (Lipinski definition) is 2. The third kappa shape index (κ3) is 5.29. The lowest BCUT2D eigenvalue weighted by Gasteiger charge is -2.27. The number of aryl methyl sites for hydroxylation is 1. The van der Waals surface area contributed by atoms with Gasteiger partial charge in [-0.3, -0.25) is 0 Å². The molecule has 4 heteroatoms. The van der Waals surface area contributed by atoms with Gasteiger partial charge in [0.15, 0.2) is 0 Å². The topological polar surface area (TPSA) is 6.48 Å². The summed E-state index contributed by atoms with van der Waals surface area (Å²) in [6.45, 7) is 14.8. The molecule has 0 aliphatic rings. The molecule has 0 aliphatic carbocycles. The van der Waals surface area contributed by atoms with Crippen LogP contribution in [-0.2, 0) is 0 Å². The zero-order valence-corrected chi connectivity index (χ0v) is 21.8. The number of rotatable bonds is 9. The molecule has 0 atom stereocenters. The quantitative estimate of drug-likeness (QED) is 0.251. The van der Waals surface area contributed by atoms with Crippen LogP contribution in [0.3, 0.4) is 0 Å². The lowest BCUT2D eigenvalue weighted by Crippen LogP contribution is -2.22. The second-order valence-electron chi connectivity index (χ2n) is 8.17. The van der Waals surface area contributed by atoms with E-state index in [-0.39, 0.29) is 5.92 Å². The Labute approximate surface area is 205 Å². The van der Waals surface area contributed by atoms with E-state index in [1.165, 1.54) is 33.6 Å². The molecule has 0 N–H and O–H groups in total. The van der Waals surface area contributed by atoms with E-state index in [4.69, 9.17) is 25.3 Å². The maximum Gasteiger partial charge on any atom is 0.0377 e. The van der Waals surface area contributed by atoms with Crippen LogP contribution in [0.15, 0.2) is 70.5 Å². The van der Waals surface area contributed by atoms with Crippen molar-refractivity contribution in [2.24, 2.45) is 0 Å². The minimum absolute atomic E-state index is 0.0760. The van der Waals surface area contributed by atoms with E-state index in [0.717, 1.165) is 36.0 Å². The summed E-state index contributed by atoms with van der Waals surface area (Å²) in [5, 5.41) is 0. The van der Waals surface area contributed by atoms with Crippen LogP contribution in [0.1, 0.15) is 55.9 Å². The summed E-state index contributed by atoms with van der Waals surface area (Å²) in [5.74, 6) is 0.0760. The molecule has 2 nitrogen and oxygen atoms in total. The maximum atomic E-state index is 4.96. The van der Waals surface area contributed by atoms with Crippen molar-refractivity contribution < 1.29 is 0 Å². The van der Waals surface area contributed by atoms with Gasteiger partial charge in [-0.05, 0) is 75.6 Å². The van der Waals surface area contributed by atoms with Crippen LogP contribution in [0.4, 0.5) is 11.4 Å². The lowest BCUT2D eigenvalue weighted by molar-refractivity contribution is 0.853. The van der Waals surface area contributed by atoms with Crippen molar-refractivity contribution in [1.29, 1.82) is 0 Å². The number of benzene rings is 3. The Bertz CT molecular complexity index is 961. The zero-order valence-electron chi connectivity index (χ0n) is 20.0. The first kappa shape index (κ1) is 24.6. The minimum atomic E-state index is 0.0760. The average Bonchev–Trinajstić information content (AvgIpc) is 2.79. The highest BCUT2D eigenvalue weighted by atomic mass is 32.1. The van der Waals surface area contributed by atoms with Crippen molar-refractivity contribution in [3.63, 3.8) is 0 Å². The number of nitrogens with zero attached hydrogens (tertiary/aromatic N) is 2. The molecule has 0 radical (unpaired) electrons. The molecular formula is C28H36N2S2. The smallest absolute Gasteiger partial charge is 0.0377 e. The molecule has 3 aromatic carbocycles. The highest BCUT2D eigenvalue weighted by Crippen LogP contribution is 2.40. The van der Waals surface area contributed by atoms with E-state index >= 15 is 0 Å². The third-order valence-corrected chi connectivity index (χ3v) is 7.09. The second-order valence-corrected chi connectivity index (χ2v) is 9.14. The first-order valence-corrected chi connectivity index (χ1v) is 12.5. The minimum Gasteiger partial charge on any atom is -0.372 e. The normalized spacial score (nSPS) is 11.1. The fraction of sp³-hybridized carbons (Fsp3) is 0.357. The summed E-state index contributed by atoms with van der Waals surface area (Å²) in [7, 11) is 0. The van der Waals surface area contributed by atoms with Crippen molar-refractivity contribution in [2.45, 2.75) is 50.3 Å². The molecule has 0 bridgehead atoms. The monoisotopic (exact) mass is 464 g/mol. The Morgan fingerprint density at radius 3 is 1.38 bits per heavy atom. The average molecular weight is 465 g/mol. The maximum absolute atomic E-state index is 4.96. The molecule has 3 aromatic rings. The van der Waals surface area contributed by atoms with E-state index in [2.05, 4.69) is 105 Å². The van der Waals surface area contributed by atoms with Gasteiger partial charge in [0.1, 0.15) is 0 Å². The molecule has 0 fully saturated rings. The summed E-state index contributed by atoms with van der Waals surface area (Å²) in [4.78, 5) is 6.74. The van der Waals surface area contributed by atoms with E-state index < -0.39 is 0 Å². The van der Waals surface area contributed by atoms with Crippen LogP contribution in [0.5, 0.6) is 0 Å². The first-order valence-electron chi connectivity index (χ1n) is 11.7. The molecule has 32 heavy (non-hydrogen) atoms. The molecule has 0 saturated carbocycles. The zero-order chi connectivity index (χ0) is 23.3. The third-order valence-electron chi connectivity index (χ3n) is 6.32. The Morgan fingerprint density at radius 2 is 1.03 bits per heavy atom. The van der Waals surface area contributed by atoms with Gasteiger partial charge in [-0.1, -0.05) is 42.0 Å². The fourth-order valence-electron chi connectivity index (χ4n) is 4.41. The van der Waals surface area contributed by atoms with Crippen LogP contribution in [0, 0.1) is 6.92 Å². The van der Waals surface area contributed by atoms with Crippen molar-refractivity contribution >= 4 is 36.6 Å². The number of thiol groups is 2. The summed E-state index contributed by atoms with van der Waals surface area (Å²) in [6.07, 6.45) is 0. The molecular weight excluding hydrogens is 428 g/mol. The van der Waals surface area contributed by atoms with Gasteiger partial charge >= 0.3 is 0 Å². The van der Waals surface area contributed by atoms with Crippen LogP contribution in [0.2, 0.25) is 0 Å². The van der Waals surface area contributed by atoms with Crippen molar-refractivity contribution in [3.8, 4) is 0 Å². The van der Waals surface area contributed by atoms with Crippen molar-refractivity contribution in [2.75, 3.05) is 36.0 Å². The Balaban J connectivity index is 2.13. The first-order chi connectivity index (χ1) is 15.4. The highest BCUT2D eigenvalue weighted by Gasteiger charge is 2.22. The van der Waals surface area contributed by atoms with Crippen LogP contribution >= 0.6 is 25.3 Å². The van der Waals surface area contributed by atoms with Gasteiger partial charge in [-0.25, -0.2) is 0 Å². The summed E-state index contributed by atoms with van der Waals surface area (Å²) < 4.78 is 0. The molecule has 0 heterocycles. The van der Waals surface area contributed by atoms with Gasteiger partial charge in [0.2, 0.25) is 0 Å². The molecule has 0 amide bonds. The number of anilines is 2. The van der Waals surface area contributed by atoms with Crippen molar-refractivity contribution in [3.05, 3.63) is 82.9 Å². The van der Waals surface area contributed by atoms with Gasteiger partial charge < -0.3 is 9.80 Å². The number of hydrogen-bond acceptors (Lipinski definition) is 4. The largest absolute Gasteiger partial charge is 0.372 e. The Kier molecular flexibility index (Phi) is 8.61. The van der Waals surface area contributed by atoms with Gasteiger partial charge in [-0.15, -0.1) is 25.3 Å². The molecule has 0 saturated heterocycles. The van der Waals surface area contributed by atoms with E-state index in [9.17, 15) is 0 Å². The Hall–Kier alpha value is -2.04. The van der Waals surface area contributed by atoms with E-state index in [1.54, 1.807) is 0 Å². The van der Waals surface area contributed by atoms with E-state index in [0.29, 0.717) is 0 Å². The predicted octanol–water partition coefficient (Wildman–Crippen LogP) is 7.45. The second kappa shape index (κ2) is 11.2. The van der Waals surface area contributed by atoms with Crippen LogP contribution < -0.4 is 9.80 Å². The molecule has 0 unspecified atom stereocenters. The van der Waals surface area contributed by atoms with Crippen molar-refractivity contribution in [1.82, 2.24) is 0 Å². The predicted molar refractivity (Wildman–Crippen MR) is 147 cm³/mol. The summed E-state index contributed by atoms with van der Waals surface area (Å²) in [5.41, 5.74) is 7.37. The molecule has 170 valence electrons. The van der Waals surface area contributed by atoms with Gasteiger partial charge in [0.25, 0.3) is 0 Å². The van der Waals surface area contributed by atoms with Crippen LogP contribution in [0.25, 0.3) is 0 Å². The van der Waals surface area contributed by atoms with Gasteiger partial charge in [0, 0.05) is 53.3 Å². The van der Waals surface area contributed by atoms with E-state index in [1.807, 2.05) is 0 Å². The molecule has 0 aromatic heterocycles. The molecule has 0 aliphatic heterocycles. The highest BCUT2D eigenvalue weighted by molar-refractivity contribution is 7.80. The molecule has 0 spiro atoms. The fourth-order valence-corrected chi connectivity index (χ4v) is 5.08. The SMILES string of the molecule is CCN(CC)c1ccc(C(c2ccc(C)cc2)c2ccc(N(CC)CC)cc2S)c(S)c1. The standard InChI is InChI=1S/C28H36N2S2/c1-6-29(7-2)22-14-16-24(26(31)18-22)28(21-12-10-20(5)11-13-21)25-17-15-23(19-27(25)32)30(8-3)9-4/h10-19,28,31-32H,6-9H2,1-5H3. The Morgan fingerprint density at radius 1 is 0.625 bits per heavy atom. The van der Waals surface area contributed by atoms with Gasteiger partial charge in [0.05, 0.1) is 0 Å². The molecule has 3 rings (SSSR count). The summed E-state index contributed by atoms with van der Waals surface area (Å²) >= 11 is 9.91.